The van der Waals surface area contributed by atoms with Gasteiger partial charge in [0.05, 0.1) is 0 Å². The number of anilines is 1. The number of H-pyrrole nitrogens is 1. The minimum absolute atomic E-state index is 0.526. The van der Waals surface area contributed by atoms with Gasteiger partial charge in [-0.25, -0.2) is 0 Å². The normalized spacial score (nSPS) is 9.89. The van der Waals surface area contributed by atoms with Crippen LogP contribution in [0.15, 0.2) is 6.07 Å². The van der Waals surface area contributed by atoms with Crippen LogP contribution in [-0.2, 0) is 6.42 Å². The third-order valence-corrected chi connectivity index (χ3v) is 1.06. The fourth-order valence-electron chi connectivity index (χ4n) is 0.663. The molecule has 9 heavy (non-hydrogen) atoms. The molecule has 4 heteroatoms. The van der Waals surface area contributed by atoms with E-state index < -0.39 is 0 Å². The van der Waals surface area contributed by atoms with Gasteiger partial charge in [-0.15, -0.1) is 0 Å². The number of aromatic amines is 1. The highest BCUT2D eigenvalue weighted by atomic mass is 15.1. The van der Waals surface area contributed by atoms with Gasteiger partial charge in [-0.3, -0.25) is 5.10 Å². The second-order valence-electron chi connectivity index (χ2n) is 1.86. The minimum Gasteiger partial charge on any atom is -0.382 e. The van der Waals surface area contributed by atoms with Crippen molar-refractivity contribution in [2.24, 2.45) is 5.73 Å². The van der Waals surface area contributed by atoms with E-state index in [1.807, 2.05) is 0 Å². The van der Waals surface area contributed by atoms with Crippen LogP contribution in [0, 0.1) is 0 Å². The van der Waals surface area contributed by atoms with Gasteiger partial charge in [0.2, 0.25) is 0 Å². The molecule has 0 spiro atoms. The number of aromatic nitrogens is 2. The fraction of sp³-hybridized carbons (Fsp3) is 0.400. The second kappa shape index (κ2) is 2.50. The predicted molar refractivity (Wildman–Crippen MR) is 35.8 cm³/mol. The third kappa shape index (κ3) is 1.43. The van der Waals surface area contributed by atoms with E-state index in [0.717, 1.165) is 12.1 Å². The predicted octanol–water partition coefficient (Wildman–Crippen LogP) is -0.507. The summed E-state index contributed by atoms with van der Waals surface area (Å²) in [7, 11) is 0. The van der Waals surface area contributed by atoms with Crippen molar-refractivity contribution in [1.29, 1.82) is 0 Å². The molecule has 0 aliphatic rings. The van der Waals surface area contributed by atoms with E-state index in [9.17, 15) is 0 Å². The van der Waals surface area contributed by atoms with Gasteiger partial charge in [0.15, 0.2) is 0 Å². The largest absolute Gasteiger partial charge is 0.382 e. The van der Waals surface area contributed by atoms with Crippen molar-refractivity contribution in [1.82, 2.24) is 10.2 Å². The Hall–Kier alpha value is -1.03. The molecule has 0 radical (unpaired) electrons. The van der Waals surface area contributed by atoms with Gasteiger partial charge in [0, 0.05) is 18.2 Å². The first kappa shape index (κ1) is 6.10. The highest BCUT2D eigenvalue weighted by molar-refractivity contribution is 5.28. The molecule has 5 N–H and O–H groups in total. The minimum atomic E-state index is 0.526. The van der Waals surface area contributed by atoms with Gasteiger partial charge in [-0.1, -0.05) is 0 Å². The van der Waals surface area contributed by atoms with Gasteiger partial charge in [-0.2, -0.15) is 5.10 Å². The summed E-state index contributed by atoms with van der Waals surface area (Å²) in [4.78, 5) is 0. The quantitative estimate of drug-likeness (QED) is 0.499. The van der Waals surface area contributed by atoms with E-state index in [4.69, 9.17) is 11.5 Å². The topological polar surface area (TPSA) is 80.7 Å². The van der Waals surface area contributed by atoms with E-state index in [0.29, 0.717) is 12.4 Å². The molecule has 0 bridgehead atoms. The molecule has 1 aromatic heterocycles. The van der Waals surface area contributed by atoms with Crippen LogP contribution in [0.1, 0.15) is 5.69 Å². The summed E-state index contributed by atoms with van der Waals surface area (Å²) in [5, 5.41) is 6.48. The van der Waals surface area contributed by atoms with E-state index in [1.165, 1.54) is 0 Å². The molecular formula is C5H10N4. The Balaban J connectivity index is 2.61. The van der Waals surface area contributed by atoms with Gasteiger partial charge >= 0.3 is 0 Å². The smallest absolute Gasteiger partial charge is 0.145 e. The number of nitrogens with zero attached hydrogens (tertiary/aromatic N) is 1. The summed E-state index contributed by atoms with van der Waals surface area (Å²) >= 11 is 0. The molecule has 0 fully saturated rings. The lowest BCUT2D eigenvalue weighted by Gasteiger charge is -1.86. The van der Waals surface area contributed by atoms with Crippen LogP contribution in [0.2, 0.25) is 0 Å². The highest BCUT2D eigenvalue weighted by Gasteiger charge is 1.93. The maximum Gasteiger partial charge on any atom is 0.145 e. The lowest BCUT2D eigenvalue weighted by Crippen LogP contribution is -2.02. The van der Waals surface area contributed by atoms with Crippen LogP contribution in [0.3, 0.4) is 0 Å². The van der Waals surface area contributed by atoms with Crippen molar-refractivity contribution in [3.63, 3.8) is 0 Å². The SMILES string of the molecule is NCCc1cc(N)n[nH]1. The molecule has 0 saturated carbocycles. The number of nitrogens with two attached hydrogens (primary N) is 2. The zero-order valence-electron chi connectivity index (χ0n) is 5.09. The van der Waals surface area contributed by atoms with Crippen LogP contribution in [-0.4, -0.2) is 16.7 Å². The summed E-state index contributed by atoms with van der Waals surface area (Å²) in [6.45, 7) is 0.627. The molecule has 0 atom stereocenters. The molecule has 1 aromatic rings. The van der Waals surface area contributed by atoms with Crippen LogP contribution < -0.4 is 11.5 Å². The highest BCUT2D eigenvalue weighted by Crippen LogP contribution is 1.98. The lowest BCUT2D eigenvalue weighted by molar-refractivity contribution is 0.902. The molecule has 0 unspecified atom stereocenters. The van der Waals surface area contributed by atoms with Crippen molar-refractivity contribution < 1.29 is 0 Å². The summed E-state index contributed by atoms with van der Waals surface area (Å²) < 4.78 is 0. The molecule has 0 aromatic carbocycles. The number of rotatable bonds is 2. The van der Waals surface area contributed by atoms with Gasteiger partial charge < -0.3 is 11.5 Å². The second-order valence-corrected chi connectivity index (χ2v) is 1.86. The molecule has 50 valence electrons. The maximum absolute atomic E-state index is 5.33. The van der Waals surface area contributed by atoms with Crippen LogP contribution in [0.5, 0.6) is 0 Å². The average Bonchev–Trinajstić information content (AvgIpc) is 2.17. The van der Waals surface area contributed by atoms with Crippen molar-refractivity contribution in [2.45, 2.75) is 6.42 Å². The molecule has 0 aliphatic heterocycles. The van der Waals surface area contributed by atoms with E-state index in [2.05, 4.69) is 10.2 Å². The Morgan fingerprint density at radius 2 is 2.44 bits per heavy atom. The molecule has 1 heterocycles. The van der Waals surface area contributed by atoms with Crippen LogP contribution >= 0.6 is 0 Å². The van der Waals surface area contributed by atoms with Gasteiger partial charge in [0.1, 0.15) is 5.82 Å². The number of nitrogens with one attached hydrogen (secondary N) is 1. The zero-order chi connectivity index (χ0) is 6.69. The van der Waals surface area contributed by atoms with E-state index in [1.54, 1.807) is 6.07 Å². The fourth-order valence-corrected chi connectivity index (χ4v) is 0.663. The summed E-state index contributed by atoms with van der Waals surface area (Å²) in [5.41, 5.74) is 11.6. The van der Waals surface area contributed by atoms with Gasteiger partial charge in [-0.05, 0) is 6.54 Å². The molecule has 1 rings (SSSR count). The Bertz CT molecular complexity index is 181. The van der Waals surface area contributed by atoms with Crippen molar-refractivity contribution in [3.05, 3.63) is 11.8 Å². The number of hydrogen-bond donors (Lipinski definition) is 3. The Morgan fingerprint density at radius 1 is 1.67 bits per heavy atom. The standard InChI is InChI=1S/C5H10N4/c6-2-1-4-3-5(7)9-8-4/h3H,1-2,6H2,(H3,7,8,9). The van der Waals surface area contributed by atoms with E-state index in [-0.39, 0.29) is 0 Å². The molecule has 0 amide bonds. The molecular weight excluding hydrogens is 116 g/mol. The summed E-state index contributed by atoms with van der Waals surface area (Å²) in [6, 6.07) is 1.78. The van der Waals surface area contributed by atoms with Crippen molar-refractivity contribution in [3.8, 4) is 0 Å². The summed E-state index contributed by atoms with van der Waals surface area (Å²) in [6.07, 6.45) is 0.810. The first-order chi connectivity index (χ1) is 4.33. The molecule has 4 nitrogen and oxygen atoms in total. The Morgan fingerprint density at radius 3 is 2.89 bits per heavy atom. The van der Waals surface area contributed by atoms with Crippen LogP contribution in [0.4, 0.5) is 5.82 Å². The zero-order valence-corrected chi connectivity index (χ0v) is 5.09. The van der Waals surface area contributed by atoms with Crippen molar-refractivity contribution >= 4 is 5.82 Å². The summed E-state index contributed by atoms with van der Waals surface area (Å²) in [5.74, 6) is 0.526. The Labute approximate surface area is 53.2 Å². The van der Waals surface area contributed by atoms with Crippen molar-refractivity contribution in [2.75, 3.05) is 12.3 Å². The first-order valence-electron chi connectivity index (χ1n) is 2.83. The molecule has 0 saturated heterocycles. The maximum atomic E-state index is 5.33. The van der Waals surface area contributed by atoms with Gasteiger partial charge in [0.25, 0.3) is 0 Å². The average molecular weight is 126 g/mol. The third-order valence-electron chi connectivity index (χ3n) is 1.06. The molecule has 0 aliphatic carbocycles. The Kier molecular flexibility index (Phi) is 1.69. The monoisotopic (exact) mass is 126 g/mol. The first-order valence-corrected chi connectivity index (χ1v) is 2.83. The van der Waals surface area contributed by atoms with Crippen LogP contribution in [0.25, 0.3) is 0 Å². The number of nitrogen functional groups attached to an aromatic ring is 1. The van der Waals surface area contributed by atoms with E-state index >= 15 is 0 Å². The number of hydrogen-bond acceptors (Lipinski definition) is 3. The lowest BCUT2D eigenvalue weighted by atomic mass is 10.3.